The van der Waals surface area contributed by atoms with E-state index in [4.69, 9.17) is 39.5 Å². The van der Waals surface area contributed by atoms with E-state index >= 15 is 0 Å². The molecule has 2 aromatic rings. The van der Waals surface area contributed by atoms with Gasteiger partial charge in [-0.05, 0) is 67.6 Å². The van der Waals surface area contributed by atoms with Crippen LogP contribution in [0.25, 0.3) is 0 Å². The molecule has 0 radical (unpaired) electrons. The minimum Gasteiger partial charge on any atom is -0.484 e. The Kier molecular flexibility index (Phi) is 5.64. The summed E-state index contributed by atoms with van der Waals surface area (Å²) in [5.74, 6) is 0.424. The summed E-state index contributed by atoms with van der Waals surface area (Å²) >= 11 is 17.9. The highest BCUT2D eigenvalue weighted by atomic mass is 35.5. The maximum atomic E-state index is 12.6. The normalized spacial score (nSPS) is 23.7. The third-order valence-electron chi connectivity index (χ3n) is 5.85. The van der Waals surface area contributed by atoms with Crippen LogP contribution in [0.2, 0.25) is 15.1 Å². The zero-order chi connectivity index (χ0) is 21.5. The van der Waals surface area contributed by atoms with Crippen LogP contribution in [-0.2, 0) is 16.1 Å². The number of halogens is 3. The fraction of sp³-hybridized carbons (Fsp3) is 0.364. The summed E-state index contributed by atoms with van der Waals surface area (Å²) in [4.78, 5) is 24.8. The summed E-state index contributed by atoms with van der Waals surface area (Å²) in [6, 6.07) is 10.6. The Morgan fingerprint density at radius 1 is 1.00 bits per heavy atom. The largest absolute Gasteiger partial charge is 0.484 e. The number of nitrogens with one attached hydrogen (secondary N) is 2. The van der Waals surface area contributed by atoms with Crippen LogP contribution < -0.4 is 15.4 Å². The van der Waals surface area contributed by atoms with Crippen LogP contribution in [0.15, 0.2) is 36.4 Å². The van der Waals surface area contributed by atoms with Gasteiger partial charge in [0.05, 0.1) is 15.5 Å². The monoisotopic (exact) mass is 466 g/mol. The number of carbonyl (C=O) groups excluding carboxylic acids is 2. The van der Waals surface area contributed by atoms with Crippen molar-refractivity contribution in [2.45, 2.75) is 38.3 Å². The van der Waals surface area contributed by atoms with Crippen LogP contribution in [0.1, 0.15) is 30.4 Å². The zero-order valence-electron chi connectivity index (χ0n) is 16.4. The molecule has 3 aliphatic rings. The van der Waals surface area contributed by atoms with Crippen molar-refractivity contribution >= 4 is 46.6 Å². The lowest BCUT2D eigenvalue weighted by Crippen LogP contribution is -2.78. The SMILES string of the molecule is Cc1cc(OCC(=O)NC23CC(C(=O)NCc4ccc(Cl)c(Cl)c4)(C2)C3)ccc1Cl. The van der Waals surface area contributed by atoms with Crippen LogP contribution >= 0.6 is 34.8 Å². The van der Waals surface area contributed by atoms with Gasteiger partial charge in [-0.15, -0.1) is 0 Å². The molecule has 2 aromatic carbocycles. The van der Waals surface area contributed by atoms with Crippen molar-refractivity contribution in [3.63, 3.8) is 0 Å². The molecule has 3 aliphatic carbocycles. The molecule has 0 unspecified atom stereocenters. The summed E-state index contributed by atoms with van der Waals surface area (Å²) in [5.41, 5.74) is 1.12. The second kappa shape index (κ2) is 7.95. The lowest BCUT2D eigenvalue weighted by molar-refractivity contribution is -0.184. The van der Waals surface area contributed by atoms with Crippen LogP contribution in [0.4, 0.5) is 0 Å². The van der Waals surface area contributed by atoms with Crippen LogP contribution in [0.3, 0.4) is 0 Å². The number of amides is 2. The topological polar surface area (TPSA) is 67.4 Å². The lowest BCUT2D eigenvalue weighted by atomic mass is 9.39. The Morgan fingerprint density at radius 2 is 1.70 bits per heavy atom. The van der Waals surface area contributed by atoms with Gasteiger partial charge in [0.1, 0.15) is 5.75 Å². The molecule has 3 saturated carbocycles. The smallest absolute Gasteiger partial charge is 0.258 e. The molecule has 0 atom stereocenters. The Morgan fingerprint density at radius 3 is 2.37 bits per heavy atom. The van der Waals surface area contributed by atoms with E-state index in [1.54, 1.807) is 30.3 Å². The van der Waals surface area contributed by atoms with Crippen LogP contribution in [0, 0.1) is 12.3 Å². The summed E-state index contributed by atoms with van der Waals surface area (Å²) < 4.78 is 5.54. The van der Waals surface area contributed by atoms with Gasteiger partial charge in [0.15, 0.2) is 6.61 Å². The molecule has 2 N–H and O–H groups in total. The molecular weight excluding hydrogens is 447 g/mol. The molecule has 2 amide bonds. The average Bonchev–Trinajstić information content (AvgIpc) is 2.65. The van der Waals surface area contributed by atoms with Gasteiger partial charge in [-0.3, -0.25) is 9.59 Å². The number of rotatable bonds is 7. The van der Waals surface area contributed by atoms with Crippen molar-refractivity contribution in [3.8, 4) is 5.75 Å². The highest BCUT2D eigenvalue weighted by Gasteiger charge is 2.72. The molecule has 0 aliphatic heterocycles. The van der Waals surface area contributed by atoms with Gasteiger partial charge >= 0.3 is 0 Å². The van der Waals surface area contributed by atoms with Gasteiger partial charge in [-0.1, -0.05) is 40.9 Å². The Labute approximate surface area is 190 Å². The number of aryl methyl sites for hydroxylation is 1. The minimum absolute atomic E-state index is 0.0117. The van der Waals surface area contributed by atoms with Crippen molar-refractivity contribution in [1.82, 2.24) is 10.6 Å². The first-order valence-electron chi connectivity index (χ1n) is 9.63. The number of carbonyl (C=O) groups is 2. The van der Waals surface area contributed by atoms with E-state index in [0.29, 0.717) is 46.6 Å². The van der Waals surface area contributed by atoms with Crippen molar-refractivity contribution in [2.75, 3.05) is 6.61 Å². The standard InChI is InChI=1S/C22H21Cl3N2O3/c1-13-6-15(3-5-16(13)23)30-9-19(28)27-22-10-21(11-22,12-22)20(29)26-8-14-2-4-17(24)18(25)7-14/h2-7H,8-12H2,1H3,(H,26,29)(H,27,28). The maximum Gasteiger partial charge on any atom is 0.258 e. The van der Waals surface area contributed by atoms with Gasteiger partial charge in [0, 0.05) is 17.1 Å². The predicted octanol–water partition coefficient (Wildman–Crippen LogP) is 4.69. The Balaban J connectivity index is 1.22. The zero-order valence-corrected chi connectivity index (χ0v) is 18.6. The number of hydrogen-bond donors (Lipinski definition) is 2. The van der Waals surface area contributed by atoms with E-state index in [1.165, 1.54) is 0 Å². The van der Waals surface area contributed by atoms with E-state index in [0.717, 1.165) is 11.1 Å². The molecule has 3 fully saturated rings. The molecule has 2 bridgehead atoms. The van der Waals surface area contributed by atoms with Gasteiger partial charge in [-0.2, -0.15) is 0 Å². The van der Waals surface area contributed by atoms with Gasteiger partial charge in [0.2, 0.25) is 5.91 Å². The van der Waals surface area contributed by atoms with Gasteiger partial charge in [-0.25, -0.2) is 0 Å². The van der Waals surface area contributed by atoms with E-state index in [2.05, 4.69) is 10.6 Å². The quantitative estimate of drug-likeness (QED) is 0.621. The summed E-state index contributed by atoms with van der Waals surface area (Å²) in [6.07, 6.45) is 1.96. The number of hydrogen-bond acceptors (Lipinski definition) is 3. The van der Waals surface area contributed by atoms with Crippen molar-refractivity contribution in [2.24, 2.45) is 5.41 Å². The molecular formula is C22H21Cl3N2O3. The van der Waals surface area contributed by atoms with Crippen molar-refractivity contribution in [3.05, 3.63) is 62.6 Å². The molecule has 5 rings (SSSR count). The first kappa shape index (κ1) is 21.3. The second-order valence-electron chi connectivity index (χ2n) is 8.27. The van der Waals surface area contributed by atoms with E-state index in [1.807, 2.05) is 13.0 Å². The highest BCUT2D eigenvalue weighted by Crippen LogP contribution is 2.67. The second-order valence-corrected chi connectivity index (χ2v) is 9.49. The summed E-state index contributed by atoms with van der Waals surface area (Å²) in [5, 5.41) is 7.59. The third kappa shape index (κ3) is 4.11. The van der Waals surface area contributed by atoms with Crippen molar-refractivity contribution in [1.29, 1.82) is 0 Å². The van der Waals surface area contributed by atoms with E-state index in [-0.39, 0.29) is 29.4 Å². The average molecular weight is 468 g/mol. The van der Waals surface area contributed by atoms with E-state index in [9.17, 15) is 9.59 Å². The van der Waals surface area contributed by atoms with Crippen LogP contribution in [0.5, 0.6) is 5.75 Å². The fourth-order valence-electron chi connectivity index (χ4n) is 4.37. The first-order chi connectivity index (χ1) is 14.2. The minimum atomic E-state index is -0.377. The third-order valence-corrected chi connectivity index (χ3v) is 7.02. The fourth-order valence-corrected chi connectivity index (χ4v) is 4.81. The lowest BCUT2D eigenvalue weighted by Gasteiger charge is -2.69. The van der Waals surface area contributed by atoms with Gasteiger partial charge in [0.25, 0.3) is 5.91 Å². The van der Waals surface area contributed by atoms with Crippen LogP contribution in [-0.4, -0.2) is 24.0 Å². The molecule has 5 nitrogen and oxygen atoms in total. The molecule has 8 heteroatoms. The van der Waals surface area contributed by atoms with Gasteiger partial charge < -0.3 is 15.4 Å². The highest BCUT2D eigenvalue weighted by molar-refractivity contribution is 6.42. The maximum absolute atomic E-state index is 12.6. The molecule has 0 saturated heterocycles. The summed E-state index contributed by atoms with van der Waals surface area (Å²) in [6.45, 7) is 2.20. The number of ether oxygens (including phenoxy) is 1. The predicted molar refractivity (Wildman–Crippen MR) is 117 cm³/mol. The Bertz CT molecular complexity index is 1000. The molecule has 0 spiro atoms. The Hall–Kier alpha value is -1.95. The van der Waals surface area contributed by atoms with Crippen molar-refractivity contribution < 1.29 is 14.3 Å². The number of benzene rings is 2. The first-order valence-corrected chi connectivity index (χ1v) is 10.8. The molecule has 30 heavy (non-hydrogen) atoms. The summed E-state index contributed by atoms with van der Waals surface area (Å²) in [7, 11) is 0. The molecule has 158 valence electrons. The molecule has 0 aromatic heterocycles. The van der Waals surface area contributed by atoms with E-state index < -0.39 is 0 Å². The molecule has 0 heterocycles.